The average Bonchev–Trinajstić information content (AvgIpc) is 3.28. The smallest absolute Gasteiger partial charge is 0.723 e. The Morgan fingerprint density at radius 3 is 0.734 bits per heavy atom. The van der Waals surface area contributed by atoms with Crippen molar-refractivity contribution in [3.05, 3.63) is 71.3 Å². The number of hydrogen-bond donors (Lipinski definition) is 0. The van der Waals surface area contributed by atoms with Gasteiger partial charge in [-0.15, -0.1) is 0 Å². The molecule has 0 aromatic heterocycles. The predicted octanol–water partition coefficient (Wildman–Crippen LogP) is 10.3. The molecule has 0 aliphatic rings. The maximum atomic E-state index is 11.0. The average molecular weight is 913 g/mol. The molecule has 3 aromatic carbocycles. The minimum atomic E-state index is -0.953. The van der Waals surface area contributed by atoms with Crippen LogP contribution in [0.3, 0.4) is 0 Å². The molecule has 0 amide bonds. The third-order valence-electron chi connectivity index (χ3n) is 10.0. The summed E-state index contributed by atoms with van der Waals surface area (Å²) in [6, 6.07) is 16.8. The summed E-state index contributed by atoms with van der Waals surface area (Å²) in [6.45, 7) is 26.8. The van der Waals surface area contributed by atoms with E-state index in [1.165, 1.54) is 0 Å². The first-order valence-electron chi connectivity index (χ1n) is 23.3. The molecule has 0 spiro atoms. The second-order valence-electron chi connectivity index (χ2n) is 16.9. The van der Waals surface area contributed by atoms with Gasteiger partial charge in [0.05, 0.1) is 56.4 Å². The quantitative estimate of drug-likeness (QED) is 0.0271. The van der Waals surface area contributed by atoms with Crippen molar-refractivity contribution in [3.8, 4) is 34.5 Å². The molecule has 0 fully saturated rings. The molecular formula is C51H81AlO12. The Morgan fingerprint density at radius 1 is 0.344 bits per heavy atom. The molecule has 13 heteroatoms. The summed E-state index contributed by atoms with van der Waals surface area (Å²) in [5, 5.41) is 33.0. The van der Waals surface area contributed by atoms with Gasteiger partial charge in [0.25, 0.3) is 0 Å². The van der Waals surface area contributed by atoms with Crippen LogP contribution < -0.4 is 44.2 Å². The van der Waals surface area contributed by atoms with Crippen LogP contribution in [0.5, 0.6) is 34.5 Å². The third-order valence-corrected chi connectivity index (χ3v) is 10.0. The fraction of sp³-hybridized carbons (Fsp3) is 0.647. The summed E-state index contributed by atoms with van der Waals surface area (Å²) in [4.78, 5) is 13.1. The van der Waals surface area contributed by atoms with E-state index < -0.39 is 16.8 Å². The monoisotopic (exact) mass is 913 g/mol. The molecule has 12 nitrogen and oxygen atoms in total. The van der Waals surface area contributed by atoms with Crippen LogP contribution in [0.1, 0.15) is 177 Å². The molecule has 3 aromatic rings. The molecular weight excluding hydrogens is 832 g/mol. The predicted molar refractivity (Wildman–Crippen MR) is 250 cm³/mol. The van der Waals surface area contributed by atoms with Gasteiger partial charge >= 0.3 is 17.4 Å². The molecule has 0 N–H and O–H groups in total. The molecule has 0 aliphatic carbocycles. The van der Waals surface area contributed by atoms with Gasteiger partial charge in [-0.1, -0.05) is 116 Å². The van der Waals surface area contributed by atoms with Gasteiger partial charge < -0.3 is 58.9 Å². The van der Waals surface area contributed by atoms with E-state index in [9.17, 15) is 15.8 Å². The molecule has 0 aliphatic heterocycles. The Labute approximate surface area is 397 Å². The first-order chi connectivity index (χ1) is 30.2. The maximum Gasteiger partial charge on any atom is 3.00 e. The van der Waals surface area contributed by atoms with E-state index in [1.807, 2.05) is 54.6 Å². The van der Waals surface area contributed by atoms with Gasteiger partial charge in [-0.3, -0.25) is 0 Å². The summed E-state index contributed by atoms with van der Waals surface area (Å²) in [7, 11) is 0. The largest absolute Gasteiger partial charge is 3.00 e. The Kier molecular flexibility index (Phi) is 32.4. The Hall–Kier alpha value is -3.25. The first-order valence-corrected chi connectivity index (χ1v) is 23.3. The fourth-order valence-electron chi connectivity index (χ4n) is 5.83. The van der Waals surface area contributed by atoms with E-state index in [1.54, 1.807) is 41.5 Å². The molecule has 0 bridgehead atoms. The fourth-order valence-corrected chi connectivity index (χ4v) is 5.83. The third kappa shape index (κ3) is 21.4. The van der Waals surface area contributed by atoms with E-state index in [2.05, 4.69) is 56.2 Å². The van der Waals surface area contributed by atoms with Crippen LogP contribution in [0, 0.1) is 0 Å². The van der Waals surface area contributed by atoms with Crippen molar-refractivity contribution in [1.29, 1.82) is 0 Å². The van der Waals surface area contributed by atoms with E-state index >= 15 is 0 Å². The van der Waals surface area contributed by atoms with E-state index in [0.717, 1.165) is 93.7 Å². The van der Waals surface area contributed by atoms with Crippen molar-refractivity contribution in [3.63, 3.8) is 0 Å². The number of unbranched alkanes of at least 4 members (excludes halogenated alkanes) is 6. The first kappa shape index (κ1) is 60.8. The van der Waals surface area contributed by atoms with E-state index in [0.29, 0.717) is 74.1 Å². The van der Waals surface area contributed by atoms with Crippen molar-refractivity contribution in [2.24, 2.45) is 0 Å². The second-order valence-corrected chi connectivity index (χ2v) is 16.9. The number of para-hydroxylation sites is 3. The van der Waals surface area contributed by atoms with E-state index in [4.69, 9.17) is 28.4 Å². The SMILES string of the molecule is CCCCOc1cccc(C(C)(C)O[O-])c1OCCCC.CCCCOc1cccc(C(C)(C)O[O-])c1OCCCC.CCCCOc1cccc(C(C)(C)O[O-])c1OCCCC.[Al+3]. The minimum Gasteiger partial charge on any atom is -0.723 e. The Balaban J connectivity index is 0.000000923. The number of rotatable bonds is 30. The van der Waals surface area contributed by atoms with Crippen molar-refractivity contribution >= 4 is 17.4 Å². The summed E-state index contributed by atoms with van der Waals surface area (Å²) in [6.07, 6.45) is 12.2. The van der Waals surface area contributed by atoms with Crippen LogP contribution in [-0.4, -0.2) is 57.0 Å². The van der Waals surface area contributed by atoms with Gasteiger partial charge in [0, 0.05) is 16.7 Å². The van der Waals surface area contributed by atoms with Crippen LogP contribution >= 0.6 is 0 Å². The molecule has 3 rings (SSSR count). The molecule has 0 unspecified atom stereocenters. The van der Waals surface area contributed by atoms with Crippen LogP contribution in [0.15, 0.2) is 54.6 Å². The summed E-state index contributed by atoms with van der Waals surface area (Å²) in [5.41, 5.74) is -0.684. The van der Waals surface area contributed by atoms with Crippen LogP contribution in [0.25, 0.3) is 0 Å². The number of hydrogen-bond acceptors (Lipinski definition) is 12. The summed E-state index contributed by atoms with van der Waals surface area (Å²) >= 11 is 0. The van der Waals surface area contributed by atoms with Gasteiger partial charge in [-0.2, -0.15) is 0 Å². The van der Waals surface area contributed by atoms with Gasteiger partial charge in [0.15, 0.2) is 34.5 Å². The van der Waals surface area contributed by atoms with Crippen molar-refractivity contribution < 1.29 is 58.9 Å². The van der Waals surface area contributed by atoms with Crippen molar-refractivity contribution in [1.82, 2.24) is 0 Å². The second kappa shape index (κ2) is 34.1. The minimum absolute atomic E-state index is 0. The summed E-state index contributed by atoms with van der Waals surface area (Å²) < 4.78 is 35.1. The molecule has 64 heavy (non-hydrogen) atoms. The Morgan fingerprint density at radius 2 is 0.547 bits per heavy atom. The van der Waals surface area contributed by atoms with Gasteiger partial charge in [0.2, 0.25) is 0 Å². The maximum absolute atomic E-state index is 11.0. The zero-order valence-electron chi connectivity index (χ0n) is 41.4. The molecule has 0 radical (unpaired) electrons. The van der Waals surface area contributed by atoms with Crippen molar-refractivity contribution in [2.45, 2.75) is 177 Å². The summed E-state index contributed by atoms with van der Waals surface area (Å²) in [5.74, 6) is 3.93. The zero-order valence-corrected chi connectivity index (χ0v) is 42.6. The molecule has 0 atom stereocenters. The van der Waals surface area contributed by atoms with Gasteiger partial charge in [-0.25, -0.2) is 0 Å². The zero-order chi connectivity index (χ0) is 47.2. The van der Waals surface area contributed by atoms with Crippen LogP contribution in [0.4, 0.5) is 0 Å². The topological polar surface area (TPSA) is 152 Å². The van der Waals surface area contributed by atoms with Crippen LogP contribution in [0.2, 0.25) is 0 Å². The molecule has 360 valence electrons. The number of benzene rings is 3. The normalized spacial score (nSPS) is 11.3. The van der Waals surface area contributed by atoms with Gasteiger partial charge in [-0.05, 0) is 98.3 Å². The number of ether oxygens (including phenoxy) is 6. The Bertz CT molecular complexity index is 1440. The molecule has 0 saturated heterocycles. The standard InChI is InChI=1S/3C17H28O4.Al/c3*1-5-7-12-19-15-11-9-10-14(17(3,4)21-18)16(15)20-13-8-6-2;/h3*9-11,18H,5-8,12-13H2,1-4H3;/q;;;+3/p-3. The van der Waals surface area contributed by atoms with Gasteiger partial charge in [0.1, 0.15) is 0 Å². The van der Waals surface area contributed by atoms with Crippen LogP contribution in [-0.2, 0) is 31.5 Å². The van der Waals surface area contributed by atoms with E-state index in [-0.39, 0.29) is 17.4 Å². The van der Waals surface area contributed by atoms with Crippen molar-refractivity contribution in [2.75, 3.05) is 39.6 Å². The molecule has 0 saturated carbocycles. The molecule has 0 heterocycles.